The quantitative estimate of drug-likeness (QED) is 0.340. The van der Waals surface area contributed by atoms with Crippen molar-refractivity contribution < 1.29 is 13.6 Å². The molecule has 0 saturated carbocycles. The Morgan fingerprint density at radius 1 is 0.789 bits per heavy atom. The van der Waals surface area contributed by atoms with Gasteiger partial charge in [0.15, 0.2) is 6.84 Å². The van der Waals surface area contributed by atoms with Gasteiger partial charge >= 0.3 is 7.75 Å². The fourth-order valence-corrected chi connectivity index (χ4v) is 4.26. The Balaban J connectivity index is 5.10. The van der Waals surface area contributed by atoms with Gasteiger partial charge in [-0.3, -0.25) is 9.05 Å². The molecule has 0 radical (unpaired) electrons. The molecule has 0 bridgehead atoms. The standard InChI is InChI=1S/C10H20Br4NO3P/c1-7(2,3)9(11,12)17-19(15,16)18-10(13,14)8(4,5)6/h1-6H3,(H2,15,16). The molecule has 0 rings (SSSR count). The molecule has 0 aromatic carbocycles. The van der Waals surface area contributed by atoms with Crippen LogP contribution in [0.3, 0.4) is 0 Å². The number of rotatable bonds is 4. The highest BCUT2D eigenvalue weighted by Crippen LogP contribution is 2.60. The first kappa shape index (κ1) is 21.0. The maximum Gasteiger partial charge on any atom is 0.407 e. The molecule has 116 valence electrons. The van der Waals surface area contributed by atoms with Crippen molar-refractivity contribution in [3.63, 3.8) is 0 Å². The minimum atomic E-state index is -3.82. The zero-order valence-corrected chi connectivity index (χ0v) is 19.0. The summed E-state index contributed by atoms with van der Waals surface area (Å²) >= 11 is 13.3. The minimum Gasteiger partial charge on any atom is -0.267 e. The van der Waals surface area contributed by atoms with Crippen LogP contribution in [0, 0.1) is 10.8 Å². The lowest BCUT2D eigenvalue weighted by Gasteiger charge is -2.39. The number of hydrogen-bond donors (Lipinski definition) is 1. The summed E-state index contributed by atoms with van der Waals surface area (Å²) in [6.07, 6.45) is 0. The molecule has 0 atom stereocenters. The van der Waals surface area contributed by atoms with Crippen LogP contribution in [0.5, 0.6) is 0 Å². The molecule has 0 unspecified atom stereocenters. The van der Waals surface area contributed by atoms with E-state index in [1.165, 1.54) is 0 Å². The lowest BCUT2D eigenvalue weighted by atomic mass is 9.99. The van der Waals surface area contributed by atoms with Gasteiger partial charge in [-0.05, 0) is 63.7 Å². The molecule has 0 aromatic heterocycles. The molecule has 0 heterocycles. The Morgan fingerprint density at radius 2 is 1.00 bits per heavy atom. The number of halogens is 4. The van der Waals surface area contributed by atoms with Crippen LogP contribution in [-0.4, -0.2) is 6.84 Å². The van der Waals surface area contributed by atoms with Gasteiger partial charge in [-0.2, -0.15) is 0 Å². The van der Waals surface area contributed by atoms with Crippen LogP contribution in [0.1, 0.15) is 41.5 Å². The fourth-order valence-electron chi connectivity index (χ4n) is 0.612. The van der Waals surface area contributed by atoms with Gasteiger partial charge in [0.2, 0.25) is 0 Å². The fraction of sp³-hybridized carbons (Fsp3) is 1.00. The highest BCUT2D eigenvalue weighted by Gasteiger charge is 2.49. The van der Waals surface area contributed by atoms with Crippen LogP contribution in [0.15, 0.2) is 0 Å². The van der Waals surface area contributed by atoms with Crippen LogP contribution in [-0.2, 0) is 13.6 Å². The van der Waals surface area contributed by atoms with Crippen LogP contribution < -0.4 is 5.50 Å². The lowest BCUT2D eigenvalue weighted by molar-refractivity contribution is 0.0767. The van der Waals surface area contributed by atoms with Crippen LogP contribution in [0.2, 0.25) is 0 Å². The molecule has 4 nitrogen and oxygen atoms in total. The summed E-state index contributed by atoms with van der Waals surface area (Å²) in [6.45, 7) is 11.4. The average Bonchev–Trinajstić information content (AvgIpc) is 1.93. The van der Waals surface area contributed by atoms with Gasteiger partial charge in [0, 0.05) is 10.8 Å². The van der Waals surface area contributed by atoms with Crippen molar-refractivity contribution in [2.45, 2.75) is 48.4 Å². The molecule has 0 saturated heterocycles. The highest BCUT2D eigenvalue weighted by atomic mass is 79.9. The zero-order chi connectivity index (χ0) is 15.9. The Labute approximate surface area is 149 Å². The predicted octanol–water partition coefficient (Wildman–Crippen LogP) is 6.07. The van der Waals surface area contributed by atoms with Gasteiger partial charge in [-0.15, -0.1) is 0 Å². The first-order chi connectivity index (χ1) is 7.91. The molecule has 9 heteroatoms. The average molecular weight is 553 g/mol. The highest BCUT2D eigenvalue weighted by molar-refractivity contribution is 9.25. The van der Waals surface area contributed by atoms with Crippen molar-refractivity contribution in [2.24, 2.45) is 16.3 Å². The summed E-state index contributed by atoms with van der Waals surface area (Å²) in [6, 6.07) is 0. The van der Waals surface area contributed by atoms with E-state index in [1.54, 1.807) is 0 Å². The summed E-state index contributed by atoms with van der Waals surface area (Å²) in [4.78, 5) is 0. The van der Waals surface area contributed by atoms with Crippen molar-refractivity contribution in [3.05, 3.63) is 0 Å². The van der Waals surface area contributed by atoms with E-state index < -0.39 is 25.4 Å². The second kappa shape index (κ2) is 6.26. The number of hydrogen-bond acceptors (Lipinski definition) is 3. The van der Waals surface area contributed by atoms with Crippen LogP contribution in [0.25, 0.3) is 0 Å². The monoisotopic (exact) mass is 549 g/mol. The second-order valence-corrected chi connectivity index (χ2v) is 14.3. The molecule has 0 fully saturated rings. The first-order valence-electron chi connectivity index (χ1n) is 5.47. The van der Waals surface area contributed by atoms with E-state index in [1.807, 2.05) is 41.5 Å². The Hall–Kier alpha value is 2.03. The summed E-state index contributed by atoms with van der Waals surface area (Å²) in [7, 11) is -3.82. The largest absolute Gasteiger partial charge is 0.407 e. The summed E-state index contributed by atoms with van der Waals surface area (Å²) in [5.41, 5.74) is 4.88. The predicted molar refractivity (Wildman–Crippen MR) is 94.0 cm³/mol. The zero-order valence-electron chi connectivity index (χ0n) is 11.8. The van der Waals surface area contributed by atoms with Crippen LogP contribution in [0.4, 0.5) is 0 Å². The van der Waals surface area contributed by atoms with Crippen molar-refractivity contribution in [3.8, 4) is 0 Å². The third kappa shape index (κ3) is 6.35. The molecule has 0 spiro atoms. The van der Waals surface area contributed by atoms with Crippen molar-refractivity contribution in [1.29, 1.82) is 0 Å². The molecule has 0 aromatic rings. The SMILES string of the molecule is CC(C)(C)C(Br)(Br)OP(N)(=O)OC(Br)(Br)C(C)(C)C. The Morgan fingerprint density at radius 3 is 1.16 bits per heavy atom. The van der Waals surface area contributed by atoms with Gasteiger partial charge in [-0.25, -0.2) is 10.1 Å². The van der Waals surface area contributed by atoms with E-state index in [-0.39, 0.29) is 0 Å². The van der Waals surface area contributed by atoms with Crippen molar-refractivity contribution >= 4 is 71.5 Å². The summed E-state index contributed by atoms with van der Waals surface area (Å²) < 4.78 is 21.0. The van der Waals surface area contributed by atoms with E-state index in [0.717, 1.165) is 0 Å². The molecule has 0 aliphatic rings. The lowest BCUT2D eigenvalue weighted by Crippen LogP contribution is -2.37. The normalized spacial score (nSPS) is 15.7. The molecule has 0 aliphatic carbocycles. The molecule has 19 heavy (non-hydrogen) atoms. The van der Waals surface area contributed by atoms with Gasteiger partial charge in [-0.1, -0.05) is 41.5 Å². The maximum absolute atomic E-state index is 12.4. The maximum atomic E-state index is 12.4. The third-order valence-corrected chi connectivity index (χ3v) is 9.69. The molecular weight excluding hydrogens is 533 g/mol. The van der Waals surface area contributed by atoms with Gasteiger partial charge < -0.3 is 0 Å². The summed E-state index contributed by atoms with van der Waals surface area (Å²) in [5, 5.41) is 0. The van der Waals surface area contributed by atoms with E-state index in [2.05, 4.69) is 63.7 Å². The molecule has 0 aliphatic heterocycles. The first-order valence-corrected chi connectivity index (χ1v) is 10.3. The van der Waals surface area contributed by atoms with E-state index >= 15 is 0 Å². The molecule has 0 amide bonds. The van der Waals surface area contributed by atoms with E-state index in [4.69, 9.17) is 14.6 Å². The Bertz CT molecular complexity index is 342. The molecule has 2 N–H and O–H groups in total. The van der Waals surface area contributed by atoms with Gasteiger partial charge in [0.05, 0.1) is 0 Å². The summed E-state index contributed by atoms with van der Waals surface area (Å²) in [5.74, 6) is 0. The van der Waals surface area contributed by atoms with Gasteiger partial charge in [0.1, 0.15) is 0 Å². The topological polar surface area (TPSA) is 61.5 Å². The minimum absolute atomic E-state index is 0.394. The van der Waals surface area contributed by atoms with Gasteiger partial charge in [0.25, 0.3) is 0 Å². The second-order valence-electron chi connectivity index (χ2n) is 6.26. The molecular formula is C10H20Br4NO3P. The smallest absolute Gasteiger partial charge is 0.267 e. The van der Waals surface area contributed by atoms with Crippen LogP contribution >= 0.6 is 71.5 Å². The Kier molecular flexibility index (Phi) is 6.93. The van der Waals surface area contributed by atoms with Crippen molar-refractivity contribution in [1.82, 2.24) is 0 Å². The number of nitrogens with two attached hydrogens (primary N) is 1. The number of alkyl halides is 4. The van der Waals surface area contributed by atoms with Crippen molar-refractivity contribution in [2.75, 3.05) is 0 Å². The van der Waals surface area contributed by atoms with E-state index in [0.29, 0.717) is 0 Å². The third-order valence-electron chi connectivity index (χ3n) is 2.23. The van der Waals surface area contributed by atoms with E-state index in [9.17, 15) is 4.57 Å².